The predicted octanol–water partition coefficient (Wildman–Crippen LogP) is 2.28. The van der Waals surface area contributed by atoms with Crippen molar-refractivity contribution in [2.75, 3.05) is 12.4 Å². The summed E-state index contributed by atoms with van der Waals surface area (Å²) in [6.07, 6.45) is 0. The molecule has 1 rings (SSSR count). The minimum atomic E-state index is -0.103. The van der Waals surface area contributed by atoms with Gasteiger partial charge in [-0.25, -0.2) is 0 Å². The average molecular weight is 260 g/mol. The van der Waals surface area contributed by atoms with Crippen LogP contribution in [-0.2, 0) is 11.3 Å². The van der Waals surface area contributed by atoms with E-state index in [-0.39, 0.29) is 11.7 Å². The molecule has 1 amide bonds. The number of amides is 1. The summed E-state index contributed by atoms with van der Waals surface area (Å²) < 4.78 is 5.31. The molecule has 0 aromatic heterocycles. The van der Waals surface area contributed by atoms with E-state index in [0.29, 0.717) is 23.9 Å². The van der Waals surface area contributed by atoms with Crippen LogP contribution in [0.25, 0.3) is 0 Å². The molecule has 0 spiro atoms. The van der Waals surface area contributed by atoms with E-state index in [1.54, 1.807) is 12.1 Å². The molecule has 5 heteroatoms. The lowest BCUT2D eigenvalue weighted by molar-refractivity contribution is -0.118. The molecule has 0 radical (unpaired) electrons. The maximum Gasteiger partial charge on any atom is 0.229 e. The standard InChI is InChI=1S/C11H14ClNO2S/c1-2-15-10-4-3-8(5-9(10)12)6-13-11(14)7-16/h3-5,16H,2,6-7H2,1H3,(H,13,14). The minimum absolute atomic E-state index is 0.103. The average Bonchev–Trinajstić information content (AvgIpc) is 2.29. The molecule has 0 saturated carbocycles. The third-order valence-electron chi connectivity index (χ3n) is 1.93. The number of hydrogen-bond acceptors (Lipinski definition) is 3. The Balaban J connectivity index is 2.62. The van der Waals surface area contributed by atoms with Crippen molar-refractivity contribution in [1.29, 1.82) is 0 Å². The Hall–Kier alpha value is -0.870. The monoisotopic (exact) mass is 259 g/mol. The molecular weight excluding hydrogens is 246 g/mol. The number of thiol groups is 1. The quantitative estimate of drug-likeness (QED) is 0.797. The molecule has 0 atom stereocenters. The van der Waals surface area contributed by atoms with E-state index >= 15 is 0 Å². The van der Waals surface area contributed by atoms with Crippen molar-refractivity contribution >= 4 is 30.1 Å². The van der Waals surface area contributed by atoms with Gasteiger partial charge in [0.15, 0.2) is 0 Å². The van der Waals surface area contributed by atoms with Crippen LogP contribution in [0.4, 0.5) is 0 Å². The lowest BCUT2D eigenvalue weighted by Gasteiger charge is -2.08. The summed E-state index contributed by atoms with van der Waals surface area (Å²) in [5.74, 6) is 0.742. The molecule has 16 heavy (non-hydrogen) atoms. The van der Waals surface area contributed by atoms with Crippen LogP contribution < -0.4 is 10.1 Å². The second kappa shape index (κ2) is 6.66. The van der Waals surface area contributed by atoms with Crippen molar-refractivity contribution in [1.82, 2.24) is 5.32 Å². The fourth-order valence-corrected chi connectivity index (χ4v) is 1.55. The number of carbonyl (C=O) groups excluding carboxylic acids is 1. The van der Waals surface area contributed by atoms with E-state index in [0.717, 1.165) is 5.56 Å². The van der Waals surface area contributed by atoms with Gasteiger partial charge in [-0.3, -0.25) is 4.79 Å². The van der Waals surface area contributed by atoms with Crippen molar-refractivity contribution in [3.05, 3.63) is 28.8 Å². The molecule has 3 nitrogen and oxygen atoms in total. The lowest BCUT2D eigenvalue weighted by Crippen LogP contribution is -2.23. The van der Waals surface area contributed by atoms with E-state index in [1.807, 2.05) is 13.0 Å². The summed E-state index contributed by atoms with van der Waals surface area (Å²) in [6.45, 7) is 2.93. The first kappa shape index (κ1) is 13.2. The smallest absolute Gasteiger partial charge is 0.229 e. The molecule has 0 heterocycles. The number of rotatable bonds is 5. The summed E-state index contributed by atoms with van der Waals surface area (Å²) in [6, 6.07) is 5.45. The predicted molar refractivity (Wildman–Crippen MR) is 68.3 cm³/mol. The Kier molecular flexibility index (Phi) is 5.49. The molecule has 1 N–H and O–H groups in total. The fourth-order valence-electron chi connectivity index (χ4n) is 1.18. The van der Waals surface area contributed by atoms with Crippen LogP contribution >= 0.6 is 24.2 Å². The zero-order valence-electron chi connectivity index (χ0n) is 9.00. The molecule has 0 aliphatic heterocycles. The maximum absolute atomic E-state index is 11.0. The topological polar surface area (TPSA) is 38.3 Å². The Morgan fingerprint density at radius 3 is 2.88 bits per heavy atom. The van der Waals surface area contributed by atoms with Crippen LogP contribution in [0.15, 0.2) is 18.2 Å². The number of hydrogen-bond donors (Lipinski definition) is 2. The van der Waals surface area contributed by atoms with Crippen molar-refractivity contribution < 1.29 is 9.53 Å². The zero-order chi connectivity index (χ0) is 12.0. The van der Waals surface area contributed by atoms with Crippen LogP contribution in [-0.4, -0.2) is 18.3 Å². The molecule has 0 unspecified atom stereocenters. The van der Waals surface area contributed by atoms with Crippen LogP contribution in [0.3, 0.4) is 0 Å². The van der Waals surface area contributed by atoms with E-state index < -0.39 is 0 Å². The first-order valence-corrected chi connectivity index (χ1v) is 5.97. The molecular formula is C11H14ClNO2S. The van der Waals surface area contributed by atoms with Gasteiger partial charge in [0, 0.05) is 6.54 Å². The number of ether oxygens (including phenoxy) is 1. The van der Waals surface area contributed by atoms with Gasteiger partial charge < -0.3 is 10.1 Å². The number of nitrogens with one attached hydrogen (secondary N) is 1. The first-order valence-electron chi connectivity index (χ1n) is 4.96. The summed E-state index contributed by atoms with van der Waals surface area (Å²) in [5.41, 5.74) is 0.934. The summed E-state index contributed by atoms with van der Waals surface area (Å²) in [4.78, 5) is 11.0. The highest BCUT2D eigenvalue weighted by atomic mass is 35.5. The maximum atomic E-state index is 11.0. The molecule has 0 fully saturated rings. The first-order chi connectivity index (χ1) is 7.67. The molecule has 1 aromatic rings. The van der Waals surface area contributed by atoms with E-state index in [1.165, 1.54) is 0 Å². The SMILES string of the molecule is CCOc1ccc(CNC(=O)CS)cc1Cl. The van der Waals surface area contributed by atoms with Gasteiger partial charge in [0.1, 0.15) is 5.75 Å². The van der Waals surface area contributed by atoms with Gasteiger partial charge in [-0.1, -0.05) is 17.7 Å². The second-order valence-corrected chi connectivity index (χ2v) is 3.86. The van der Waals surface area contributed by atoms with Gasteiger partial charge in [-0.2, -0.15) is 12.6 Å². The van der Waals surface area contributed by atoms with Crippen LogP contribution in [0, 0.1) is 0 Å². The highest BCUT2D eigenvalue weighted by molar-refractivity contribution is 7.81. The van der Waals surface area contributed by atoms with Crippen molar-refractivity contribution in [2.24, 2.45) is 0 Å². The second-order valence-electron chi connectivity index (χ2n) is 3.13. The highest BCUT2D eigenvalue weighted by Gasteiger charge is 2.03. The molecule has 0 saturated heterocycles. The Morgan fingerprint density at radius 2 is 2.31 bits per heavy atom. The van der Waals surface area contributed by atoms with Gasteiger partial charge >= 0.3 is 0 Å². The normalized spacial score (nSPS) is 9.94. The van der Waals surface area contributed by atoms with Gasteiger partial charge in [0.2, 0.25) is 5.91 Å². The highest BCUT2D eigenvalue weighted by Crippen LogP contribution is 2.25. The molecule has 1 aromatic carbocycles. The number of benzene rings is 1. The van der Waals surface area contributed by atoms with Gasteiger partial charge in [-0.15, -0.1) is 0 Å². The Morgan fingerprint density at radius 1 is 1.56 bits per heavy atom. The lowest BCUT2D eigenvalue weighted by atomic mass is 10.2. The number of carbonyl (C=O) groups is 1. The third kappa shape index (κ3) is 3.94. The van der Waals surface area contributed by atoms with Crippen LogP contribution in [0.5, 0.6) is 5.75 Å². The van der Waals surface area contributed by atoms with E-state index in [9.17, 15) is 4.79 Å². The minimum Gasteiger partial charge on any atom is -0.492 e. The third-order valence-corrected chi connectivity index (χ3v) is 2.51. The fraction of sp³-hybridized carbons (Fsp3) is 0.364. The molecule has 0 aliphatic carbocycles. The molecule has 0 bridgehead atoms. The molecule has 0 aliphatic rings. The zero-order valence-corrected chi connectivity index (χ0v) is 10.6. The van der Waals surface area contributed by atoms with Crippen molar-refractivity contribution in [3.63, 3.8) is 0 Å². The van der Waals surface area contributed by atoms with Crippen molar-refractivity contribution in [2.45, 2.75) is 13.5 Å². The van der Waals surface area contributed by atoms with Crippen LogP contribution in [0.2, 0.25) is 5.02 Å². The van der Waals surface area contributed by atoms with Crippen molar-refractivity contribution in [3.8, 4) is 5.75 Å². The Bertz CT molecular complexity index is 371. The number of halogens is 1. The van der Waals surface area contributed by atoms with E-state index in [4.69, 9.17) is 16.3 Å². The summed E-state index contributed by atoms with van der Waals surface area (Å²) in [7, 11) is 0. The summed E-state index contributed by atoms with van der Waals surface area (Å²) >= 11 is 9.87. The van der Waals surface area contributed by atoms with Gasteiger partial charge in [0.05, 0.1) is 17.4 Å². The van der Waals surface area contributed by atoms with Crippen LogP contribution in [0.1, 0.15) is 12.5 Å². The summed E-state index contributed by atoms with van der Waals surface area (Å²) in [5, 5.41) is 3.27. The largest absolute Gasteiger partial charge is 0.492 e. The molecule has 88 valence electrons. The van der Waals surface area contributed by atoms with E-state index in [2.05, 4.69) is 17.9 Å². The Labute approximate surface area is 106 Å². The van der Waals surface area contributed by atoms with Gasteiger partial charge in [0.25, 0.3) is 0 Å². The van der Waals surface area contributed by atoms with Gasteiger partial charge in [-0.05, 0) is 24.6 Å².